The number of nitrogens with zero attached hydrogens (tertiary/aromatic N) is 2. The summed E-state index contributed by atoms with van der Waals surface area (Å²) in [7, 11) is 3.54. The monoisotopic (exact) mass is 312 g/mol. The van der Waals surface area contributed by atoms with E-state index in [-0.39, 0.29) is 16.5 Å². The molecule has 1 aliphatic rings. The highest BCUT2D eigenvalue weighted by molar-refractivity contribution is 5.59. The Labute approximate surface area is 135 Å². The number of hydrogen-bond donors (Lipinski definition) is 0. The molecule has 0 aromatic heterocycles. The van der Waals surface area contributed by atoms with Gasteiger partial charge in [-0.2, -0.15) is 0 Å². The maximum Gasteiger partial charge on any atom is 0.314 e. The first-order valence-electron chi connectivity index (χ1n) is 7.69. The highest BCUT2D eigenvalue weighted by Crippen LogP contribution is 2.40. The zero-order chi connectivity index (χ0) is 16.4. The summed E-state index contributed by atoms with van der Waals surface area (Å²) in [6, 6.07) is 13.9. The third-order valence-corrected chi connectivity index (χ3v) is 4.50. The van der Waals surface area contributed by atoms with Crippen LogP contribution >= 0.6 is 0 Å². The number of rotatable bonds is 3. The Hall–Kier alpha value is -2.40. The molecule has 0 fully saturated rings. The van der Waals surface area contributed by atoms with Crippen LogP contribution in [-0.2, 0) is 6.42 Å². The Kier molecular flexibility index (Phi) is 4.30. The third kappa shape index (κ3) is 2.92. The van der Waals surface area contributed by atoms with Gasteiger partial charge in [-0.25, -0.2) is 0 Å². The van der Waals surface area contributed by atoms with Crippen LogP contribution in [0.15, 0.2) is 42.5 Å². The van der Waals surface area contributed by atoms with Crippen LogP contribution in [0.4, 0.5) is 5.69 Å². The summed E-state index contributed by atoms with van der Waals surface area (Å²) in [4.78, 5) is 13.5. The summed E-state index contributed by atoms with van der Waals surface area (Å²) in [5, 5.41) is 11.6. The van der Waals surface area contributed by atoms with Crippen LogP contribution in [0.25, 0.3) is 0 Å². The number of nitro benzene ring substituents is 1. The lowest BCUT2D eigenvalue weighted by Crippen LogP contribution is -2.24. The van der Waals surface area contributed by atoms with Gasteiger partial charge in [0.25, 0.3) is 0 Å². The molecule has 0 bridgehead atoms. The largest absolute Gasteiger partial charge is 0.490 e. The quantitative estimate of drug-likeness (QED) is 0.645. The average molecular weight is 312 g/mol. The van der Waals surface area contributed by atoms with Crippen LogP contribution in [0.1, 0.15) is 22.6 Å². The Morgan fingerprint density at radius 2 is 1.96 bits per heavy atom. The fraction of sp³-hybridized carbons (Fsp3) is 0.333. The van der Waals surface area contributed by atoms with Crippen LogP contribution in [0.5, 0.6) is 5.75 Å². The Balaban J connectivity index is 2.19. The Morgan fingerprint density at radius 1 is 1.22 bits per heavy atom. The fourth-order valence-corrected chi connectivity index (χ4v) is 3.36. The predicted octanol–water partition coefficient (Wildman–Crippen LogP) is 3.22. The minimum atomic E-state index is -0.314. The topological polar surface area (TPSA) is 55.6 Å². The summed E-state index contributed by atoms with van der Waals surface area (Å²) in [6.45, 7) is 1.64. The number of likely N-dealkylation sites (N-methyl/N-ethyl adjacent to an activating group) is 1. The van der Waals surface area contributed by atoms with Crippen molar-refractivity contribution < 1.29 is 9.66 Å². The zero-order valence-electron chi connectivity index (χ0n) is 13.4. The van der Waals surface area contributed by atoms with E-state index < -0.39 is 0 Å². The lowest BCUT2D eigenvalue weighted by Gasteiger charge is -2.22. The maximum atomic E-state index is 11.6. The third-order valence-electron chi connectivity index (χ3n) is 4.50. The lowest BCUT2D eigenvalue weighted by atomic mass is 9.87. The van der Waals surface area contributed by atoms with Gasteiger partial charge in [0.05, 0.1) is 12.0 Å². The van der Waals surface area contributed by atoms with E-state index in [0.717, 1.165) is 24.2 Å². The van der Waals surface area contributed by atoms with Gasteiger partial charge in [-0.05, 0) is 30.7 Å². The van der Waals surface area contributed by atoms with E-state index in [4.69, 9.17) is 4.74 Å². The Bertz CT molecular complexity index is 716. The molecule has 2 aromatic carbocycles. The van der Waals surface area contributed by atoms with Gasteiger partial charge in [0.15, 0.2) is 5.75 Å². The van der Waals surface area contributed by atoms with Crippen molar-refractivity contribution in [3.05, 3.63) is 69.3 Å². The van der Waals surface area contributed by atoms with Crippen molar-refractivity contribution in [2.75, 3.05) is 27.2 Å². The minimum absolute atomic E-state index is 0.112. The first-order chi connectivity index (χ1) is 11.1. The van der Waals surface area contributed by atoms with Crippen molar-refractivity contribution in [3.8, 4) is 5.75 Å². The van der Waals surface area contributed by atoms with Crippen molar-refractivity contribution in [2.24, 2.45) is 0 Å². The van der Waals surface area contributed by atoms with E-state index in [0.29, 0.717) is 12.2 Å². The Morgan fingerprint density at radius 3 is 2.61 bits per heavy atom. The van der Waals surface area contributed by atoms with Crippen molar-refractivity contribution >= 4 is 5.69 Å². The molecule has 1 unspecified atom stereocenters. The summed E-state index contributed by atoms with van der Waals surface area (Å²) in [5.41, 5.74) is 3.13. The van der Waals surface area contributed by atoms with Crippen LogP contribution in [-0.4, -0.2) is 37.1 Å². The number of fused-ring (bicyclic) bond motifs is 1. The summed E-state index contributed by atoms with van der Waals surface area (Å²) < 4.78 is 5.23. The zero-order valence-corrected chi connectivity index (χ0v) is 13.4. The lowest BCUT2D eigenvalue weighted by molar-refractivity contribution is -0.386. The van der Waals surface area contributed by atoms with Gasteiger partial charge >= 0.3 is 5.69 Å². The molecule has 1 atom stereocenters. The molecule has 0 saturated heterocycles. The molecule has 2 aromatic rings. The van der Waals surface area contributed by atoms with Crippen LogP contribution in [0.3, 0.4) is 0 Å². The molecule has 0 saturated carbocycles. The first-order valence-corrected chi connectivity index (χ1v) is 7.69. The number of hydrogen-bond acceptors (Lipinski definition) is 4. The second-order valence-electron chi connectivity index (χ2n) is 5.92. The fourth-order valence-electron chi connectivity index (χ4n) is 3.36. The van der Waals surface area contributed by atoms with E-state index in [1.54, 1.807) is 6.07 Å². The van der Waals surface area contributed by atoms with Gasteiger partial charge in [0.2, 0.25) is 0 Å². The molecule has 1 aliphatic heterocycles. The maximum absolute atomic E-state index is 11.6. The minimum Gasteiger partial charge on any atom is -0.490 e. The van der Waals surface area contributed by atoms with E-state index in [1.807, 2.05) is 24.3 Å². The van der Waals surface area contributed by atoms with Gasteiger partial charge in [-0.15, -0.1) is 0 Å². The molecule has 1 heterocycles. The molecule has 5 heteroatoms. The molecule has 0 amide bonds. The van der Waals surface area contributed by atoms with Crippen molar-refractivity contribution in [2.45, 2.75) is 12.3 Å². The molecule has 120 valence electrons. The highest BCUT2D eigenvalue weighted by Gasteiger charge is 2.30. The molecule has 23 heavy (non-hydrogen) atoms. The van der Waals surface area contributed by atoms with E-state index in [9.17, 15) is 10.1 Å². The van der Waals surface area contributed by atoms with E-state index >= 15 is 0 Å². The van der Waals surface area contributed by atoms with Crippen molar-refractivity contribution in [1.82, 2.24) is 4.90 Å². The van der Waals surface area contributed by atoms with Crippen molar-refractivity contribution in [3.63, 3.8) is 0 Å². The van der Waals surface area contributed by atoms with Crippen LogP contribution in [0, 0.1) is 10.1 Å². The van der Waals surface area contributed by atoms with E-state index in [1.165, 1.54) is 12.7 Å². The smallest absolute Gasteiger partial charge is 0.314 e. The summed E-state index contributed by atoms with van der Waals surface area (Å²) in [5.74, 6) is 0.466. The molecule has 0 spiro atoms. The standard InChI is InChI=1S/C18H20N2O3/c1-19-11-10-15-14(8-9-17(23-2)18(15)20(21)22)16(12-19)13-6-4-3-5-7-13/h3-9,16H,10-12H2,1-2H3. The molecular weight excluding hydrogens is 292 g/mol. The SMILES string of the molecule is COc1ccc2c(c1[N+](=O)[O-])CCN(C)CC2c1ccccc1. The molecule has 0 N–H and O–H groups in total. The molecule has 0 aliphatic carbocycles. The average Bonchev–Trinajstić information content (AvgIpc) is 2.73. The molecule has 5 nitrogen and oxygen atoms in total. The molecule has 0 radical (unpaired) electrons. The second-order valence-corrected chi connectivity index (χ2v) is 5.92. The molecule has 3 rings (SSSR count). The highest BCUT2D eigenvalue weighted by atomic mass is 16.6. The van der Waals surface area contributed by atoms with E-state index in [2.05, 4.69) is 24.1 Å². The second kappa shape index (κ2) is 6.38. The van der Waals surface area contributed by atoms with Gasteiger partial charge in [0.1, 0.15) is 0 Å². The van der Waals surface area contributed by atoms with Crippen LogP contribution < -0.4 is 4.74 Å². The van der Waals surface area contributed by atoms with Gasteiger partial charge in [0, 0.05) is 24.6 Å². The van der Waals surface area contributed by atoms with Crippen molar-refractivity contribution in [1.29, 1.82) is 0 Å². The summed E-state index contributed by atoms with van der Waals surface area (Å²) >= 11 is 0. The number of benzene rings is 2. The van der Waals surface area contributed by atoms with Gasteiger partial charge in [-0.3, -0.25) is 10.1 Å². The normalized spacial score (nSPS) is 18.1. The first kappa shape index (κ1) is 15.5. The summed E-state index contributed by atoms with van der Waals surface area (Å²) in [6.07, 6.45) is 0.655. The predicted molar refractivity (Wildman–Crippen MR) is 89.1 cm³/mol. The van der Waals surface area contributed by atoms with Gasteiger partial charge < -0.3 is 9.64 Å². The number of methoxy groups -OCH3 is 1. The number of ether oxygens (including phenoxy) is 1. The van der Waals surface area contributed by atoms with Gasteiger partial charge in [-0.1, -0.05) is 36.4 Å². The molecular formula is C18H20N2O3. The number of nitro groups is 1. The van der Waals surface area contributed by atoms with Crippen LogP contribution in [0.2, 0.25) is 0 Å².